The molecule has 0 saturated carbocycles. The molecule has 0 saturated heterocycles. The first-order valence-corrected chi connectivity index (χ1v) is 7.27. The van der Waals surface area contributed by atoms with Gasteiger partial charge in [0.2, 0.25) is 0 Å². The van der Waals surface area contributed by atoms with E-state index in [0.29, 0.717) is 0 Å². The molecule has 0 radical (unpaired) electrons. The fourth-order valence-electron chi connectivity index (χ4n) is 0.791. The zero-order valence-corrected chi connectivity index (χ0v) is 10.2. The molecule has 0 unspecified atom stereocenters. The minimum absolute atomic E-state index is 0.117. The number of aromatic nitrogens is 1. The van der Waals surface area contributed by atoms with Crippen LogP contribution in [0.5, 0.6) is 0 Å². The van der Waals surface area contributed by atoms with E-state index in [2.05, 4.69) is 11.9 Å². The molecule has 0 atom stereocenters. The second-order valence-electron chi connectivity index (χ2n) is 2.49. The van der Waals surface area contributed by atoms with Gasteiger partial charge in [-0.3, -0.25) is 0 Å². The first-order chi connectivity index (χ1) is 5.84. The summed E-state index contributed by atoms with van der Waals surface area (Å²) >= 11 is 5.86. The van der Waals surface area contributed by atoms with Gasteiger partial charge in [0, 0.05) is 0 Å². The SMILES string of the molecule is CCCC[Te]c1ncccc1Cl. The van der Waals surface area contributed by atoms with Gasteiger partial charge in [-0.15, -0.1) is 0 Å². The van der Waals surface area contributed by atoms with Crippen LogP contribution in [-0.4, -0.2) is 25.9 Å². The number of hydrogen-bond acceptors (Lipinski definition) is 1. The Labute approximate surface area is 88.6 Å². The summed E-state index contributed by atoms with van der Waals surface area (Å²) in [6.07, 6.45) is 4.42. The number of nitrogens with zero attached hydrogens (tertiary/aromatic N) is 1. The second kappa shape index (κ2) is 5.80. The summed E-state index contributed by atoms with van der Waals surface area (Å²) in [6, 6.07) is 3.82. The van der Waals surface area contributed by atoms with Crippen LogP contribution in [0.1, 0.15) is 19.8 Å². The van der Waals surface area contributed by atoms with Crippen molar-refractivity contribution in [3.8, 4) is 0 Å². The molecule has 1 nitrogen and oxygen atoms in total. The molecule has 0 aliphatic heterocycles. The van der Waals surface area contributed by atoms with Gasteiger partial charge in [-0.1, -0.05) is 0 Å². The Bertz CT molecular complexity index is 240. The van der Waals surface area contributed by atoms with Gasteiger partial charge in [0.25, 0.3) is 0 Å². The zero-order valence-electron chi connectivity index (χ0n) is 7.09. The summed E-state index contributed by atoms with van der Waals surface area (Å²) in [4.78, 5) is 4.28. The molecule has 0 fully saturated rings. The molecule has 0 spiro atoms. The molecule has 0 amide bonds. The molecule has 0 N–H and O–H groups in total. The van der Waals surface area contributed by atoms with Crippen molar-refractivity contribution >= 4 is 36.3 Å². The third-order valence-electron chi connectivity index (χ3n) is 1.46. The van der Waals surface area contributed by atoms with Crippen LogP contribution in [0.15, 0.2) is 18.3 Å². The Morgan fingerprint density at radius 3 is 3.08 bits per heavy atom. The predicted octanol–water partition coefficient (Wildman–Crippen LogP) is 2.28. The van der Waals surface area contributed by atoms with Gasteiger partial charge in [0.15, 0.2) is 0 Å². The van der Waals surface area contributed by atoms with Crippen molar-refractivity contribution in [3.63, 3.8) is 0 Å². The predicted molar refractivity (Wildman–Crippen MR) is 54.4 cm³/mol. The number of rotatable bonds is 4. The third-order valence-corrected chi connectivity index (χ3v) is 5.23. The monoisotopic (exact) mass is 299 g/mol. The summed E-state index contributed by atoms with van der Waals surface area (Å²) in [6.45, 7) is 2.22. The van der Waals surface area contributed by atoms with Gasteiger partial charge in [0.1, 0.15) is 0 Å². The van der Waals surface area contributed by atoms with Gasteiger partial charge in [-0.2, -0.15) is 0 Å². The molecule has 0 aliphatic carbocycles. The van der Waals surface area contributed by atoms with Crippen LogP contribution < -0.4 is 3.74 Å². The molecule has 1 aromatic heterocycles. The van der Waals surface area contributed by atoms with Crippen LogP contribution in [-0.2, 0) is 0 Å². The van der Waals surface area contributed by atoms with Gasteiger partial charge in [-0.25, -0.2) is 0 Å². The van der Waals surface area contributed by atoms with E-state index >= 15 is 0 Å². The van der Waals surface area contributed by atoms with Crippen molar-refractivity contribution in [1.29, 1.82) is 0 Å². The van der Waals surface area contributed by atoms with E-state index in [9.17, 15) is 0 Å². The van der Waals surface area contributed by atoms with Gasteiger partial charge < -0.3 is 0 Å². The standard InChI is InChI=1S/C9H12ClNTe/c1-2-3-7-12-9-8(10)5-4-6-11-9/h4-6H,2-3,7H2,1H3. The van der Waals surface area contributed by atoms with E-state index in [1.165, 1.54) is 17.3 Å². The summed E-state index contributed by atoms with van der Waals surface area (Å²) < 4.78 is 2.48. The molecular formula is C9H12ClNTe. The van der Waals surface area contributed by atoms with Crippen LogP contribution in [0.3, 0.4) is 0 Å². The number of hydrogen-bond donors (Lipinski definition) is 0. The second-order valence-corrected chi connectivity index (χ2v) is 5.99. The molecule has 3 heteroatoms. The van der Waals surface area contributed by atoms with Crippen LogP contribution in [0.2, 0.25) is 9.49 Å². The number of pyridine rings is 1. The fourth-order valence-corrected chi connectivity index (χ4v) is 4.04. The minimum atomic E-state index is -0.117. The summed E-state index contributed by atoms with van der Waals surface area (Å²) in [5.74, 6) is 0. The van der Waals surface area contributed by atoms with E-state index in [4.69, 9.17) is 11.6 Å². The molecule has 0 aliphatic rings. The Balaban J connectivity index is 2.46. The number of halogens is 1. The topological polar surface area (TPSA) is 12.9 Å². The Morgan fingerprint density at radius 1 is 1.58 bits per heavy atom. The molecular weight excluding hydrogens is 285 g/mol. The van der Waals surface area contributed by atoms with E-state index in [-0.39, 0.29) is 20.9 Å². The van der Waals surface area contributed by atoms with E-state index < -0.39 is 0 Å². The summed E-state index contributed by atoms with van der Waals surface area (Å²) in [5.41, 5.74) is 0. The fraction of sp³-hybridized carbons (Fsp3) is 0.444. The van der Waals surface area contributed by atoms with Gasteiger partial charge >= 0.3 is 88.8 Å². The van der Waals surface area contributed by atoms with Gasteiger partial charge in [-0.05, 0) is 0 Å². The van der Waals surface area contributed by atoms with Crippen molar-refractivity contribution in [2.45, 2.75) is 24.2 Å². The first kappa shape index (κ1) is 10.3. The van der Waals surface area contributed by atoms with Crippen LogP contribution in [0, 0.1) is 0 Å². The average molecular weight is 297 g/mol. The first-order valence-electron chi connectivity index (χ1n) is 4.08. The zero-order chi connectivity index (χ0) is 8.81. The molecule has 1 aromatic rings. The molecule has 0 aromatic carbocycles. The molecule has 1 heterocycles. The van der Waals surface area contributed by atoms with Crippen molar-refractivity contribution in [2.24, 2.45) is 0 Å². The molecule has 0 bridgehead atoms. The summed E-state index contributed by atoms with van der Waals surface area (Å²) in [5, 5.41) is 0.857. The number of unbranched alkanes of at least 4 members (excludes halogenated alkanes) is 1. The van der Waals surface area contributed by atoms with Crippen LogP contribution in [0.25, 0.3) is 0 Å². The van der Waals surface area contributed by atoms with Crippen LogP contribution in [0.4, 0.5) is 0 Å². The maximum absolute atomic E-state index is 5.97. The van der Waals surface area contributed by atoms with E-state index in [1.807, 2.05) is 18.3 Å². The van der Waals surface area contributed by atoms with E-state index in [0.717, 1.165) is 8.76 Å². The van der Waals surface area contributed by atoms with Crippen molar-refractivity contribution in [1.82, 2.24) is 4.98 Å². The summed E-state index contributed by atoms with van der Waals surface area (Å²) in [7, 11) is 0. The quantitative estimate of drug-likeness (QED) is 0.614. The Hall–Kier alpha value is 0.230. The Kier molecular flexibility index (Phi) is 4.99. The van der Waals surface area contributed by atoms with Crippen molar-refractivity contribution in [2.75, 3.05) is 0 Å². The van der Waals surface area contributed by atoms with Crippen molar-refractivity contribution in [3.05, 3.63) is 23.4 Å². The van der Waals surface area contributed by atoms with Gasteiger partial charge in [0.05, 0.1) is 0 Å². The molecule has 66 valence electrons. The Morgan fingerprint density at radius 2 is 2.42 bits per heavy atom. The third kappa shape index (κ3) is 3.31. The molecule has 1 rings (SSSR count). The van der Waals surface area contributed by atoms with Crippen LogP contribution >= 0.6 is 11.6 Å². The van der Waals surface area contributed by atoms with E-state index in [1.54, 1.807) is 0 Å². The average Bonchev–Trinajstić information content (AvgIpc) is 2.09. The van der Waals surface area contributed by atoms with Crippen molar-refractivity contribution < 1.29 is 0 Å². The molecule has 12 heavy (non-hydrogen) atoms. The normalized spacial score (nSPS) is 10.2. The maximum atomic E-state index is 5.97.